The number of nitrogens with one attached hydrogen (secondary N) is 2. The highest BCUT2D eigenvalue weighted by Crippen LogP contribution is 2.31. The van der Waals surface area contributed by atoms with Crippen molar-refractivity contribution in [1.29, 1.82) is 5.26 Å². The lowest BCUT2D eigenvalue weighted by Gasteiger charge is -2.32. The van der Waals surface area contributed by atoms with Gasteiger partial charge in [0, 0.05) is 43.2 Å². The molecule has 1 saturated heterocycles. The minimum Gasteiger partial charge on any atom is -0.341 e. The maximum absolute atomic E-state index is 13.5. The summed E-state index contributed by atoms with van der Waals surface area (Å²) < 4.78 is 0. The third-order valence-corrected chi connectivity index (χ3v) is 7.34. The third-order valence-electron chi connectivity index (χ3n) is 7.34. The Balaban J connectivity index is 0.00000148. The van der Waals surface area contributed by atoms with Crippen LogP contribution in [-0.4, -0.2) is 39.9 Å². The van der Waals surface area contributed by atoms with Crippen LogP contribution in [0.5, 0.6) is 0 Å². The number of aryl methyl sites for hydroxylation is 2. The summed E-state index contributed by atoms with van der Waals surface area (Å²) in [5.74, 6) is 1.38. The second-order valence-corrected chi connectivity index (χ2v) is 9.78. The molecule has 36 heavy (non-hydrogen) atoms. The molecule has 0 spiro atoms. The average molecular weight is 484 g/mol. The van der Waals surface area contributed by atoms with Gasteiger partial charge in [0.2, 0.25) is 0 Å². The molecule has 6 nitrogen and oxygen atoms in total. The first-order valence-electron chi connectivity index (χ1n) is 13.1. The smallest absolute Gasteiger partial charge is 0.254 e. The number of imidazole rings is 1. The largest absolute Gasteiger partial charge is 0.341 e. The summed E-state index contributed by atoms with van der Waals surface area (Å²) >= 11 is 0. The highest BCUT2D eigenvalue weighted by Gasteiger charge is 2.27. The molecule has 3 aromatic rings. The van der Waals surface area contributed by atoms with Crippen LogP contribution in [0.3, 0.4) is 0 Å². The number of hydrogen-bond acceptors (Lipinski definition) is 4. The summed E-state index contributed by atoms with van der Waals surface area (Å²) in [6, 6.07) is 14.6. The van der Waals surface area contributed by atoms with Crippen molar-refractivity contribution in [3.8, 4) is 17.5 Å². The third kappa shape index (κ3) is 5.22. The second-order valence-electron chi connectivity index (χ2n) is 9.78. The average Bonchev–Trinajstić information content (AvgIpc) is 3.32. The van der Waals surface area contributed by atoms with Crippen molar-refractivity contribution in [2.75, 3.05) is 13.1 Å². The molecule has 2 aliphatic rings. The number of likely N-dealkylation sites (tertiary alicyclic amines) is 1. The van der Waals surface area contributed by atoms with E-state index < -0.39 is 0 Å². The van der Waals surface area contributed by atoms with Gasteiger partial charge in [-0.05, 0) is 74.4 Å². The predicted octanol–water partition coefficient (Wildman–Crippen LogP) is 5.65. The van der Waals surface area contributed by atoms with E-state index in [-0.39, 0.29) is 5.91 Å². The quantitative estimate of drug-likeness (QED) is 0.504. The Kier molecular flexibility index (Phi) is 7.91. The molecule has 0 bridgehead atoms. The van der Waals surface area contributed by atoms with E-state index >= 15 is 0 Å². The Morgan fingerprint density at radius 3 is 2.44 bits per heavy atom. The highest BCUT2D eigenvalue weighted by atomic mass is 16.2. The van der Waals surface area contributed by atoms with E-state index in [1.807, 2.05) is 43.9 Å². The molecule has 2 aliphatic heterocycles. The molecule has 1 atom stereocenters. The summed E-state index contributed by atoms with van der Waals surface area (Å²) in [5, 5.41) is 12.5. The number of hydrogen-bond donors (Lipinski definition) is 2. The van der Waals surface area contributed by atoms with Crippen LogP contribution < -0.4 is 5.32 Å². The lowest BCUT2D eigenvalue weighted by atomic mass is 9.88. The summed E-state index contributed by atoms with van der Waals surface area (Å²) in [4.78, 5) is 23.9. The topological polar surface area (TPSA) is 84.8 Å². The lowest BCUT2D eigenvalue weighted by Crippen LogP contribution is -2.38. The molecule has 1 unspecified atom stereocenters. The molecule has 2 N–H and O–H groups in total. The molecule has 0 aliphatic carbocycles. The van der Waals surface area contributed by atoms with Gasteiger partial charge < -0.3 is 15.2 Å². The Labute approximate surface area is 214 Å². The van der Waals surface area contributed by atoms with Crippen LogP contribution in [0.15, 0.2) is 36.4 Å². The standard InChI is InChI=1S/C28H31N5O.C2H6/c1-17-12-18(2)24(14-23(17)27-31-25-13-19(3)30-16-26(25)32-27)28(34)33-10-8-22(9-11-33)21-6-4-20(15-29)5-7-21;1-2/h4-7,12,14,19,22,30H,8-11,13,16H2,1-3H3,(H,31,32);1-2H3. The monoisotopic (exact) mass is 483 g/mol. The Morgan fingerprint density at radius 1 is 1.08 bits per heavy atom. The molecule has 0 radical (unpaired) electrons. The summed E-state index contributed by atoms with van der Waals surface area (Å²) in [6.45, 7) is 12.6. The molecule has 2 aromatic carbocycles. The number of aromatic amines is 1. The number of benzene rings is 2. The second kappa shape index (κ2) is 11.1. The van der Waals surface area contributed by atoms with Crippen LogP contribution in [-0.2, 0) is 13.0 Å². The van der Waals surface area contributed by atoms with E-state index in [0.29, 0.717) is 17.5 Å². The van der Waals surface area contributed by atoms with Crippen LogP contribution in [0.25, 0.3) is 11.4 Å². The van der Waals surface area contributed by atoms with Crippen LogP contribution in [0.4, 0.5) is 0 Å². The zero-order valence-corrected chi connectivity index (χ0v) is 22.1. The first-order chi connectivity index (χ1) is 17.4. The number of nitrogens with zero attached hydrogens (tertiary/aromatic N) is 3. The van der Waals surface area contributed by atoms with E-state index in [0.717, 1.165) is 78.4 Å². The molecule has 1 fully saturated rings. The van der Waals surface area contributed by atoms with Gasteiger partial charge in [-0.15, -0.1) is 0 Å². The van der Waals surface area contributed by atoms with Gasteiger partial charge in [-0.2, -0.15) is 5.26 Å². The van der Waals surface area contributed by atoms with Crippen LogP contribution >= 0.6 is 0 Å². The van der Waals surface area contributed by atoms with E-state index in [1.54, 1.807) is 0 Å². The number of nitriles is 1. The SMILES string of the molecule is CC.Cc1cc(C)c(-c2nc3c([nH]2)CNC(C)C3)cc1C(=O)N1CCC(c2ccc(C#N)cc2)CC1. The first kappa shape index (κ1) is 25.7. The summed E-state index contributed by atoms with van der Waals surface area (Å²) in [7, 11) is 0. The van der Waals surface area contributed by atoms with Crippen molar-refractivity contribution in [2.24, 2.45) is 0 Å². The first-order valence-corrected chi connectivity index (χ1v) is 13.1. The van der Waals surface area contributed by atoms with Crippen LogP contribution in [0.1, 0.15) is 83.5 Å². The Bertz CT molecular complexity index is 1260. The van der Waals surface area contributed by atoms with E-state index in [1.165, 1.54) is 5.56 Å². The van der Waals surface area contributed by atoms with Crippen molar-refractivity contribution in [3.05, 3.63) is 75.6 Å². The van der Waals surface area contributed by atoms with Crippen molar-refractivity contribution in [2.45, 2.75) is 72.4 Å². The number of carbonyl (C=O) groups excluding carboxylic acids is 1. The molecule has 0 saturated carbocycles. The molecule has 1 aromatic heterocycles. The fourth-order valence-electron chi connectivity index (χ4n) is 5.28. The number of fused-ring (bicyclic) bond motifs is 1. The van der Waals surface area contributed by atoms with Gasteiger partial charge in [0.25, 0.3) is 5.91 Å². The molecule has 5 rings (SSSR count). The van der Waals surface area contributed by atoms with Gasteiger partial charge in [-0.1, -0.05) is 32.0 Å². The Morgan fingerprint density at radius 2 is 1.78 bits per heavy atom. The van der Waals surface area contributed by atoms with Gasteiger partial charge in [0.05, 0.1) is 23.0 Å². The van der Waals surface area contributed by atoms with Crippen molar-refractivity contribution in [1.82, 2.24) is 20.2 Å². The highest BCUT2D eigenvalue weighted by molar-refractivity contribution is 5.97. The number of H-pyrrole nitrogens is 1. The van der Waals surface area contributed by atoms with Crippen LogP contribution in [0.2, 0.25) is 0 Å². The normalized spacial score (nSPS) is 17.6. The van der Waals surface area contributed by atoms with Crippen molar-refractivity contribution < 1.29 is 4.79 Å². The number of aromatic nitrogens is 2. The number of piperidine rings is 1. The number of amides is 1. The molecule has 1 amide bonds. The van der Waals surface area contributed by atoms with E-state index in [2.05, 4.69) is 48.4 Å². The molecule has 188 valence electrons. The fraction of sp³-hybridized carbons (Fsp3) is 0.433. The molecule has 6 heteroatoms. The zero-order valence-electron chi connectivity index (χ0n) is 22.1. The van der Waals surface area contributed by atoms with E-state index in [9.17, 15) is 4.79 Å². The predicted molar refractivity (Wildman–Crippen MR) is 144 cm³/mol. The Hall–Kier alpha value is -3.43. The van der Waals surface area contributed by atoms with Crippen LogP contribution in [0, 0.1) is 25.2 Å². The summed E-state index contributed by atoms with van der Waals surface area (Å²) in [6.07, 6.45) is 2.79. The molecular weight excluding hydrogens is 446 g/mol. The lowest BCUT2D eigenvalue weighted by molar-refractivity contribution is 0.0712. The van der Waals surface area contributed by atoms with Crippen molar-refractivity contribution in [3.63, 3.8) is 0 Å². The number of carbonyl (C=O) groups is 1. The van der Waals surface area contributed by atoms with Gasteiger partial charge in [-0.25, -0.2) is 4.98 Å². The number of rotatable bonds is 3. The van der Waals surface area contributed by atoms with E-state index in [4.69, 9.17) is 10.2 Å². The molecule has 3 heterocycles. The fourth-order valence-corrected chi connectivity index (χ4v) is 5.28. The maximum atomic E-state index is 13.5. The van der Waals surface area contributed by atoms with Gasteiger partial charge >= 0.3 is 0 Å². The maximum Gasteiger partial charge on any atom is 0.254 e. The molecular formula is C30H37N5O. The summed E-state index contributed by atoms with van der Waals surface area (Å²) in [5.41, 5.74) is 8.11. The van der Waals surface area contributed by atoms with Gasteiger partial charge in [0.1, 0.15) is 5.82 Å². The minimum absolute atomic E-state index is 0.101. The van der Waals surface area contributed by atoms with Crippen molar-refractivity contribution >= 4 is 5.91 Å². The van der Waals surface area contributed by atoms with Gasteiger partial charge in [-0.3, -0.25) is 4.79 Å². The zero-order chi connectivity index (χ0) is 25.8. The van der Waals surface area contributed by atoms with Gasteiger partial charge in [0.15, 0.2) is 0 Å². The minimum atomic E-state index is 0.101.